The average molecular weight is 348 g/mol. The first-order chi connectivity index (χ1) is 11.5. The molecule has 0 saturated heterocycles. The quantitative estimate of drug-likeness (QED) is 0.427. The van der Waals surface area contributed by atoms with Crippen LogP contribution in [-0.2, 0) is 0 Å². The number of hydrogen-bond acceptors (Lipinski definition) is 7. The summed E-state index contributed by atoms with van der Waals surface area (Å²) in [5.74, 6) is -1.85. The van der Waals surface area contributed by atoms with Gasteiger partial charge in [-0.25, -0.2) is 9.31 Å². The van der Waals surface area contributed by atoms with Crippen LogP contribution >= 0.6 is 11.6 Å². The molecule has 24 heavy (non-hydrogen) atoms. The average Bonchev–Trinajstić information content (AvgIpc) is 3.07. The lowest BCUT2D eigenvalue weighted by Crippen LogP contribution is -2.22. The SMILES string of the molecule is Nc1nn2ccc(F)nc2c1C(=O)On1nnc2ccc(Cl)cc21. The van der Waals surface area contributed by atoms with Crippen LogP contribution in [0.15, 0.2) is 30.5 Å². The maximum atomic E-state index is 13.3. The van der Waals surface area contributed by atoms with Crippen molar-refractivity contribution >= 4 is 40.1 Å². The van der Waals surface area contributed by atoms with E-state index >= 15 is 0 Å². The molecule has 4 rings (SSSR count). The highest BCUT2D eigenvalue weighted by molar-refractivity contribution is 6.31. The van der Waals surface area contributed by atoms with Crippen LogP contribution in [0.5, 0.6) is 0 Å². The second kappa shape index (κ2) is 5.13. The first-order valence-corrected chi connectivity index (χ1v) is 6.95. The number of nitrogens with two attached hydrogens (primary N) is 1. The van der Waals surface area contributed by atoms with Crippen LogP contribution in [0.1, 0.15) is 10.4 Å². The predicted molar refractivity (Wildman–Crippen MR) is 80.8 cm³/mol. The number of hydrogen-bond donors (Lipinski definition) is 1. The van der Waals surface area contributed by atoms with E-state index in [1.807, 2.05) is 0 Å². The number of nitrogen functional groups attached to an aromatic ring is 1. The van der Waals surface area contributed by atoms with Crippen LogP contribution in [-0.4, -0.2) is 35.7 Å². The van der Waals surface area contributed by atoms with E-state index in [0.717, 1.165) is 10.9 Å². The van der Waals surface area contributed by atoms with Crippen LogP contribution in [0.4, 0.5) is 10.2 Å². The lowest BCUT2D eigenvalue weighted by Gasteiger charge is -2.02. The van der Waals surface area contributed by atoms with E-state index in [1.54, 1.807) is 12.1 Å². The van der Waals surface area contributed by atoms with Crippen molar-refractivity contribution in [3.05, 3.63) is 47.0 Å². The van der Waals surface area contributed by atoms with Crippen molar-refractivity contribution in [2.24, 2.45) is 0 Å². The molecule has 0 aliphatic heterocycles. The molecule has 0 bridgehead atoms. The number of benzene rings is 1. The van der Waals surface area contributed by atoms with Gasteiger partial charge in [-0.15, -0.1) is 10.2 Å². The third kappa shape index (κ3) is 2.20. The normalized spacial score (nSPS) is 11.2. The van der Waals surface area contributed by atoms with E-state index in [2.05, 4.69) is 20.4 Å². The highest BCUT2D eigenvalue weighted by Crippen LogP contribution is 2.19. The minimum Gasteiger partial charge on any atom is -0.381 e. The van der Waals surface area contributed by atoms with Crippen molar-refractivity contribution in [2.75, 3.05) is 5.73 Å². The fourth-order valence-electron chi connectivity index (χ4n) is 2.18. The van der Waals surface area contributed by atoms with E-state index < -0.39 is 11.9 Å². The molecule has 0 unspecified atom stereocenters. The summed E-state index contributed by atoms with van der Waals surface area (Å²) in [6.45, 7) is 0. The van der Waals surface area contributed by atoms with Crippen LogP contribution < -0.4 is 10.6 Å². The number of rotatable bonds is 2. The minimum absolute atomic E-state index is 0.0695. The molecule has 4 aromatic rings. The zero-order chi connectivity index (χ0) is 16.8. The van der Waals surface area contributed by atoms with Gasteiger partial charge >= 0.3 is 5.97 Å². The highest BCUT2D eigenvalue weighted by atomic mass is 35.5. The summed E-state index contributed by atoms with van der Waals surface area (Å²) < 4.78 is 14.5. The summed E-state index contributed by atoms with van der Waals surface area (Å²) in [7, 11) is 0. The van der Waals surface area contributed by atoms with Crippen molar-refractivity contribution < 1.29 is 14.0 Å². The molecule has 0 amide bonds. The zero-order valence-corrected chi connectivity index (χ0v) is 12.5. The summed E-state index contributed by atoms with van der Waals surface area (Å²) in [6, 6.07) is 5.86. The second-order valence-corrected chi connectivity index (χ2v) is 5.19. The Bertz CT molecular complexity index is 1110. The monoisotopic (exact) mass is 347 g/mol. The smallest absolute Gasteiger partial charge is 0.373 e. The van der Waals surface area contributed by atoms with Gasteiger partial charge in [-0.1, -0.05) is 16.4 Å². The summed E-state index contributed by atoms with van der Waals surface area (Å²) in [6.07, 6.45) is 1.29. The zero-order valence-electron chi connectivity index (χ0n) is 11.7. The van der Waals surface area contributed by atoms with E-state index in [9.17, 15) is 9.18 Å². The standard InChI is InChI=1S/C13H7ClFN7O2/c14-6-1-2-7-8(5-6)22(20-18-7)24-13(23)10-11(16)19-21-4-3-9(15)17-12(10)21/h1-5H,(H2,16,19). The third-order valence-corrected chi connectivity index (χ3v) is 3.46. The minimum atomic E-state index is -0.910. The number of anilines is 1. The van der Waals surface area contributed by atoms with Gasteiger partial charge in [0.1, 0.15) is 11.0 Å². The Labute approximate surface area is 137 Å². The molecule has 0 aliphatic carbocycles. The first-order valence-electron chi connectivity index (χ1n) is 6.57. The van der Waals surface area contributed by atoms with Gasteiger partial charge in [0, 0.05) is 17.3 Å². The van der Waals surface area contributed by atoms with Gasteiger partial charge in [0.05, 0.1) is 0 Å². The fourth-order valence-corrected chi connectivity index (χ4v) is 2.35. The maximum Gasteiger partial charge on any atom is 0.373 e. The van der Waals surface area contributed by atoms with Crippen molar-refractivity contribution in [1.29, 1.82) is 0 Å². The van der Waals surface area contributed by atoms with Gasteiger partial charge in [0.15, 0.2) is 17.0 Å². The topological polar surface area (TPSA) is 113 Å². The Balaban J connectivity index is 1.78. The molecule has 9 nitrogen and oxygen atoms in total. The van der Waals surface area contributed by atoms with E-state index in [-0.39, 0.29) is 17.0 Å². The Kier molecular flexibility index (Phi) is 3.06. The molecule has 0 aliphatic rings. The molecular weight excluding hydrogens is 341 g/mol. The van der Waals surface area contributed by atoms with Crippen LogP contribution in [0, 0.1) is 5.95 Å². The summed E-state index contributed by atoms with van der Waals surface area (Å²) >= 11 is 5.91. The molecule has 0 fully saturated rings. The number of halogens is 2. The molecule has 0 radical (unpaired) electrons. The van der Waals surface area contributed by atoms with Crippen molar-refractivity contribution in [1.82, 2.24) is 29.8 Å². The van der Waals surface area contributed by atoms with E-state index in [0.29, 0.717) is 16.1 Å². The first kappa shape index (κ1) is 14.3. The lowest BCUT2D eigenvalue weighted by atomic mass is 10.3. The van der Waals surface area contributed by atoms with Crippen molar-refractivity contribution in [3.63, 3.8) is 0 Å². The van der Waals surface area contributed by atoms with Crippen LogP contribution in [0.2, 0.25) is 5.02 Å². The molecule has 1 aromatic carbocycles. The Morgan fingerprint density at radius 3 is 3.00 bits per heavy atom. The molecule has 11 heteroatoms. The summed E-state index contributed by atoms with van der Waals surface area (Å²) in [5, 5.41) is 11.9. The van der Waals surface area contributed by atoms with Gasteiger partial charge in [-0.05, 0) is 23.4 Å². The maximum absolute atomic E-state index is 13.3. The molecule has 3 heterocycles. The van der Waals surface area contributed by atoms with Crippen molar-refractivity contribution in [3.8, 4) is 0 Å². The predicted octanol–water partition coefficient (Wildman–Crippen LogP) is 1.12. The molecule has 0 saturated carbocycles. The molecule has 3 aromatic heterocycles. The van der Waals surface area contributed by atoms with Gasteiger partial charge in [-0.3, -0.25) is 0 Å². The number of nitrogens with zero attached hydrogens (tertiary/aromatic N) is 6. The molecule has 0 spiro atoms. The fraction of sp³-hybridized carbons (Fsp3) is 0. The summed E-state index contributed by atoms with van der Waals surface area (Å²) in [4.78, 5) is 22.1. The van der Waals surface area contributed by atoms with E-state index in [1.165, 1.54) is 16.8 Å². The summed E-state index contributed by atoms with van der Waals surface area (Å²) in [5.41, 5.74) is 6.31. The number of fused-ring (bicyclic) bond motifs is 2. The van der Waals surface area contributed by atoms with Gasteiger partial charge < -0.3 is 10.6 Å². The van der Waals surface area contributed by atoms with Crippen molar-refractivity contribution in [2.45, 2.75) is 0 Å². The van der Waals surface area contributed by atoms with Gasteiger partial charge in [0.2, 0.25) is 5.95 Å². The molecule has 2 N–H and O–H groups in total. The number of aromatic nitrogens is 6. The molecule has 0 atom stereocenters. The highest BCUT2D eigenvalue weighted by Gasteiger charge is 2.23. The lowest BCUT2D eigenvalue weighted by molar-refractivity contribution is 0.0412. The van der Waals surface area contributed by atoms with Gasteiger partial charge in [-0.2, -0.15) is 9.37 Å². The van der Waals surface area contributed by atoms with E-state index in [4.69, 9.17) is 22.2 Å². The number of carbonyl (C=O) groups is 1. The number of carbonyl (C=O) groups excluding carboxylic acids is 1. The largest absolute Gasteiger partial charge is 0.381 e. The van der Waals surface area contributed by atoms with Crippen LogP contribution in [0.25, 0.3) is 16.7 Å². The Morgan fingerprint density at radius 1 is 1.33 bits per heavy atom. The Morgan fingerprint density at radius 2 is 2.17 bits per heavy atom. The van der Waals surface area contributed by atoms with Crippen LogP contribution in [0.3, 0.4) is 0 Å². The van der Waals surface area contributed by atoms with Gasteiger partial charge in [0.25, 0.3) is 0 Å². The molecule has 120 valence electrons. The molecular formula is C13H7ClFN7O2. The third-order valence-electron chi connectivity index (χ3n) is 3.23. The second-order valence-electron chi connectivity index (χ2n) is 4.75. The Hall–Kier alpha value is -3.27.